The highest BCUT2D eigenvalue weighted by Crippen LogP contribution is 2.34. The van der Waals surface area contributed by atoms with Crippen molar-refractivity contribution >= 4 is 33.2 Å². The molecule has 0 N–H and O–H groups in total. The molecule has 0 aromatic heterocycles. The Labute approximate surface area is 187 Å². The van der Waals surface area contributed by atoms with E-state index in [4.69, 9.17) is 4.74 Å². The first-order valence-electron chi connectivity index (χ1n) is 10.6. The molecule has 0 fully saturated rings. The van der Waals surface area contributed by atoms with Crippen molar-refractivity contribution in [2.45, 2.75) is 6.61 Å². The molecule has 0 saturated carbocycles. The van der Waals surface area contributed by atoms with Gasteiger partial charge in [-0.25, -0.2) is 0 Å². The highest BCUT2D eigenvalue weighted by atomic mass is 16.5. The highest BCUT2D eigenvalue weighted by Gasteiger charge is 2.12. The van der Waals surface area contributed by atoms with Crippen molar-refractivity contribution < 1.29 is 4.74 Å². The SMILES string of the molecule is N#C/C(=C/c1c(OCc2ccccc2)ccc2ccccc12)c1cccc2ccccc12. The lowest BCUT2D eigenvalue weighted by Gasteiger charge is -2.13. The molecule has 0 unspecified atom stereocenters. The Morgan fingerprint density at radius 1 is 0.688 bits per heavy atom. The second kappa shape index (κ2) is 8.79. The van der Waals surface area contributed by atoms with Gasteiger partial charge in [0.2, 0.25) is 0 Å². The van der Waals surface area contributed by atoms with Gasteiger partial charge in [-0.1, -0.05) is 103 Å². The lowest BCUT2D eigenvalue weighted by molar-refractivity contribution is 0.306. The van der Waals surface area contributed by atoms with E-state index in [9.17, 15) is 5.26 Å². The molecule has 0 atom stereocenters. The summed E-state index contributed by atoms with van der Waals surface area (Å²) in [5.41, 5.74) is 3.56. The summed E-state index contributed by atoms with van der Waals surface area (Å²) in [6.07, 6.45) is 1.96. The maximum absolute atomic E-state index is 10.1. The lowest BCUT2D eigenvalue weighted by atomic mass is 9.95. The fourth-order valence-electron chi connectivity index (χ4n) is 4.06. The average Bonchev–Trinajstić information content (AvgIpc) is 2.86. The Hall–Kier alpha value is -4.35. The molecule has 5 rings (SSSR count). The van der Waals surface area contributed by atoms with Crippen LogP contribution in [0.25, 0.3) is 33.2 Å². The van der Waals surface area contributed by atoms with Crippen molar-refractivity contribution in [1.82, 2.24) is 0 Å². The number of fused-ring (bicyclic) bond motifs is 2. The molecular formula is C30H21NO. The van der Waals surface area contributed by atoms with Crippen LogP contribution in [0.4, 0.5) is 0 Å². The Morgan fingerprint density at radius 3 is 2.12 bits per heavy atom. The van der Waals surface area contributed by atoms with Gasteiger partial charge in [0.05, 0.1) is 11.6 Å². The Balaban J connectivity index is 1.65. The van der Waals surface area contributed by atoms with Crippen molar-refractivity contribution in [3.05, 3.63) is 126 Å². The smallest absolute Gasteiger partial charge is 0.127 e. The van der Waals surface area contributed by atoms with Crippen LogP contribution in [0, 0.1) is 11.3 Å². The van der Waals surface area contributed by atoms with Gasteiger partial charge >= 0.3 is 0 Å². The van der Waals surface area contributed by atoms with Crippen LogP contribution in [0.2, 0.25) is 0 Å². The molecule has 32 heavy (non-hydrogen) atoms. The molecule has 2 nitrogen and oxygen atoms in total. The molecular weight excluding hydrogens is 390 g/mol. The van der Waals surface area contributed by atoms with E-state index in [1.54, 1.807) is 0 Å². The second-order valence-corrected chi connectivity index (χ2v) is 7.67. The molecule has 5 aromatic carbocycles. The van der Waals surface area contributed by atoms with Crippen LogP contribution < -0.4 is 4.74 Å². The average molecular weight is 412 g/mol. The third-order valence-corrected chi connectivity index (χ3v) is 5.66. The van der Waals surface area contributed by atoms with Crippen LogP contribution >= 0.6 is 0 Å². The van der Waals surface area contributed by atoms with Crippen LogP contribution in [0.1, 0.15) is 16.7 Å². The first-order chi connectivity index (χ1) is 15.8. The number of nitrogens with zero attached hydrogens (tertiary/aromatic N) is 1. The summed E-state index contributed by atoms with van der Waals surface area (Å²) in [7, 11) is 0. The summed E-state index contributed by atoms with van der Waals surface area (Å²) in [5.74, 6) is 0.764. The van der Waals surface area contributed by atoms with Gasteiger partial charge < -0.3 is 4.74 Å². The Morgan fingerprint density at radius 2 is 1.34 bits per heavy atom. The minimum absolute atomic E-state index is 0.468. The van der Waals surface area contributed by atoms with E-state index in [2.05, 4.69) is 42.5 Å². The van der Waals surface area contributed by atoms with Gasteiger partial charge in [-0.2, -0.15) is 5.26 Å². The molecule has 0 aliphatic carbocycles. The summed E-state index contributed by atoms with van der Waals surface area (Å²) in [6.45, 7) is 0.468. The topological polar surface area (TPSA) is 33.0 Å². The number of benzene rings is 5. The van der Waals surface area contributed by atoms with Crippen molar-refractivity contribution in [1.29, 1.82) is 5.26 Å². The fourth-order valence-corrected chi connectivity index (χ4v) is 4.06. The number of ether oxygens (including phenoxy) is 1. The second-order valence-electron chi connectivity index (χ2n) is 7.67. The van der Waals surface area contributed by atoms with Crippen LogP contribution in [-0.2, 0) is 6.61 Å². The first-order valence-corrected chi connectivity index (χ1v) is 10.6. The van der Waals surface area contributed by atoms with E-state index < -0.39 is 0 Å². The maximum atomic E-state index is 10.1. The maximum Gasteiger partial charge on any atom is 0.127 e. The summed E-state index contributed by atoms with van der Waals surface area (Å²) in [6, 6.07) is 39.0. The van der Waals surface area contributed by atoms with Crippen LogP contribution in [0.5, 0.6) is 5.75 Å². The molecule has 0 spiro atoms. The highest BCUT2D eigenvalue weighted by molar-refractivity contribution is 6.05. The first kappa shape index (κ1) is 19.6. The minimum atomic E-state index is 0.468. The quantitative estimate of drug-likeness (QED) is 0.220. The molecule has 0 radical (unpaired) electrons. The molecule has 0 bridgehead atoms. The minimum Gasteiger partial charge on any atom is -0.488 e. The third-order valence-electron chi connectivity index (χ3n) is 5.66. The normalized spacial score (nSPS) is 11.4. The monoisotopic (exact) mass is 411 g/mol. The third kappa shape index (κ3) is 3.85. The van der Waals surface area contributed by atoms with Gasteiger partial charge in [-0.3, -0.25) is 0 Å². The van der Waals surface area contributed by atoms with E-state index in [0.29, 0.717) is 12.2 Å². The molecule has 0 amide bonds. The zero-order valence-corrected chi connectivity index (χ0v) is 17.5. The summed E-state index contributed by atoms with van der Waals surface area (Å²) < 4.78 is 6.25. The van der Waals surface area contributed by atoms with Crippen molar-refractivity contribution in [3.8, 4) is 11.8 Å². The van der Waals surface area contributed by atoms with E-state index in [1.165, 1.54) is 0 Å². The van der Waals surface area contributed by atoms with Crippen LogP contribution in [0.3, 0.4) is 0 Å². The molecule has 152 valence electrons. The molecule has 0 saturated heterocycles. The van der Waals surface area contributed by atoms with Crippen LogP contribution in [-0.4, -0.2) is 0 Å². The van der Waals surface area contributed by atoms with Gasteiger partial charge in [0.1, 0.15) is 12.4 Å². The van der Waals surface area contributed by atoms with E-state index in [0.717, 1.165) is 44.0 Å². The lowest BCUT2D eigenvalue weighted by Crippen LogP contribution is -1.97. The van der Waals surface area contributed by atoms with E-state index >= 15 is 0 Å². The van der Waals surface area contributed by atoms with Crippen molar-refractivity contribution in [3.63, 3.8) is 0 Å². The van der Waals surface area contributed by atoms with Gasteiger partial charge in [0.15, 0.2) is 0 Å². The van der Waals surface area contributed by atoms with Gasteiger partial charge in [0, 0.05) is 11.1 Å². The standard InChI is InChI=1S/C30H21NO/c31-20-25(28-16-8-13-23-11-4-6-14-26(23)28)19-29-27-15-7-5-12-24(27)17-18-30(29)32-21-22-9-2-1-3-10-22/h1-19H,21H2/b25-19-. The van der Waals surface area contributed by atoms with Gasteiger partial charge in [0.25, 0.3) is 0 Å². The molecule has 0 aliphatic heterocycles. The molecule has 5 aromatic rings. The molecule has 0 heterocycles. The Bertz CT molecular complexity index is 1470. The van der Waals surface area contributed by atoms with Gasteiger partial charge in [-0.15, -0.1) is 0 Å². The number of hydrogen-bond acceptors (Lipinski definition) is 2. The number of hydrogen-bond donors (Lipinski definition) is 0. The Kier molecular flexibility index (Phi) is 5.39. The fraction of sp³-hybridized carbons (Fsp3) is 0.0333. The summed E-state index contributed by atoms with van der Waals surface area (Å²) >= 11 is 0. The largest absolute Gasteiger partial charge is 0.488 e. The zero-order chi connectivity index (χ0) is 21.8. The molecule has 2 heteroatoms. The number of rotatable bonds is 5. The molecule has 0 aliphatic rings. The number of nitriles is 1. The van der Waals surface area contributed by atoms with Crippen molar-refractivity contribution in [2.24, 2.45) is 0 Å². The van der Waals surface area contributed by atoms with E-state index in [-0.39, 0.29) is 0 Å². The van der Waals surface area contributed by atoms with Crippen LogP contribution in [0.15, 0.2) is 109 Å². The van der Waals surface area contributed by atoms with Gasteiger partial charge in [-0.05, 0) is 39.3 Å². The number of allylic oxidation sites excluding steroid dienone is 1. The summed E-state index contributed by atoms with van der Waals surface area (Å²) in [5, 5.41) is 14.5. The van der Waals surface area contributed by atoms with Crippen molar-refractivity contribution in [2.75, 3.05) is 0 Å². The van der Waals surface area contributed by atoms with E-state index in [1.807, 2.05) is 78.9 Å². The predicted octanol–water partition coefficient (Wildman–Crippen LogP) is 7.64. The summed E-state index contributed by atoms with van der Waals surface area (Å²) in [4.78, 5) is 0. The predicted molar refractivity (Wildman–Crippen MR) is 132 cm³/mol. The zero-order valence-electron chi connectivity index (χ0n) is 17.5.